The smallest absolute Gasteiger partial charge is 0.407 e. The van der Waals surface area contributed by atoms with Gasteiger partial charge in [0.05, 0.1) is 12.7 Å². The van der Waals surface area contributed by atoms with Gasteiger partial charge in [0.25, 0.3) is 0 Å². The van der Waals surface area contributed by atoms with E-state index in [0.29, 0.717) is 6.07 Å². The van der Waals surface area contributed by atoms with Crippen molar-refractivity contribution in [1.29, 1.82) is 0 Å². The Kier molecular flexibility index (Phi) is 4.58. The molecule has 0 spiro atoms. The van der Waals surface area contributed by atoms with E-state index in [1.807, 2.05) is 0 Å². The summed E-state index contributed by atoms with van der Waals surface area (Å²) in [5.74, 6) is -6.70. The molecule has 0 atom stereocenters. The molecular weight excluding hydrogens is 314 g/mol. The van der Waals surface area contributed by atoms with Gasteiger partial charge in [0, 0.05) is 5.02 Å². The van der Waals surface area contributed by atoms with Crippen LogP contribution in [0.1, 0.15) is 10.4 Å². The third-order valence-corrected chi connectivity index (χ3v) is 2.58. The number of halogens is 7. The molecule has 0 saturated heterocycles. The Bertz CT molecular complexity index is 495. The number of Topliss-reactive ketones (excluding diaryl/α,β-unsaturated/α-hetero) is 1. The minimum absolute atomic E-state index is 0.183. The number of methoxy groups -OCH3 is 1. The van der Waals surface area contributed by atoms with E-state index in [2.05, 4.69) is 4.74 Å². The third kappa shape index (κ3) is 3.56. The standard InChI is InChI=1S/C11H7ClF6O2/c1-20-7-3-2-5(12)4-6(7)8(19)9(10(13,14)15)11(16,17)18/h2-4,9H,1H3. The molecule has 0 aliphatic carbocycles. The highest BCUT2D eigenvalue weighted by molar-refractivity contribution is 6.31. The summed E-state index contributed by atoms with van der Waals surface area (Å²) in [6.07, 6.45) is -11.5. The summed E-state index contributed by atoms with van der Waals surface area (Å²) in [5.41, 5.74) is -0.875. The van der Waals surface area contributed by atoms with E-state index in [4.69, 9.17) is 11.6 Å². The second-order valence-electron chi connectivity index (χ2n) is 3.73. The first-order valence-corrected chi connectivity index (χ1v) is 5.37. The summed E-state index contributed by atoms with van der Waals surface area (Å²) in [4.78, 5) is 11.6. The zero-order chi connectivity index (χ0) is 15.7. The Hall–Kier alpha value is -1.44. The molecule has 9 heteroatoms. The lowest BCUT2D eigenvalue weighted by Gasteiger charge is -2.22. The number of ketones is 1. The molecule has 0 radical (unpaired) electrons. The van der Waals surface area contributed by atoms with Gasteiger partial charge in [-0.15, -0.1) is 0 Å². The predicted molar refractivity (Wildman–Crippen MR) is 57.9 cm³/mol. The largest absolute Gasteiger partial charge is 0.496 e. The van der Waals surface area contributed by atoms with E-state index < -0.39 is 35.4 Å². The van der Waals surface area contributed by atoms with Crippen LogP contribution in [0.2, 0.25) is 5.02 Å². The zero-order valence-electron chi connectivity index (χ0n) is 9.77. The Labute approximate surface area is 114 Å². The molecule has 112 valence electrons. The van der Waals surface area contributed by atoms with E-state index >= 15 is 0 Å². The number of rotatable bonds is 3. The van der Waals surface area contributed by atoms with Crippen LogP contribution < -0.4 is 4.74 Å². The summed E-state index contributed by atoms with van der Waals surface area (Å²) in [7, 11) is 1.01. The van der Waals surface area contributed by atoms with Crippen LogP contribution in [0.3, 0.4) is 0 Å². The molecule has 20 heavy (non-hydrogen) atoms. The number of carbonyl (C=O) groups excluding carboxylic acids is 1. The Morgan fingerprint density at radius 2 is 1.65 bits per heavy atom. The maximum Gasteiger partial charge on any atom is 0.407 e. The Balaban J connectivity index is 3.37. The van der Waals surface area contributed by atoms with Crippen molar-refractivity contribution in [3.05, 3.63) is 28.8 Å². The third-order valence-electron chi connectivity index (χ3n) is 2.34. The SMILES string of the molecule is COc1ccc(Cl)cc1C(=O)C(C(F)(F)F)C(F)(F)F. The number of carbonyl (C=O) groups is 1. The summed E-state index contributed by atoms with van der Waals surface area (Å²) < 4.78 is 79.4. The van der Waals surface area contributed by atoms with Crippen LogP contribution in [0.15, 0.2) is 18.2 Å². The lowest BCUT2D eigenvalue weighted by Crippen LogP contribution is -2.42. The number of hydrogen-bond acceptors (Lipinski definition) is 2. The molecule has 0 saturated carbocycles. The van der Waals surface area contributed by atoms with Crippen LogP contribution in [0.25, 0.3) is 0 Å². The maximum absolute atomic E-state index is 12.5. The van der Waals surface area contributed by atoms with Gasteiger partial charge in [-0.3, -0.25) is 4.79 Å². The minimum Gasteiger partial charge on any atom is -0.496 e. The molecule has 0 amide bonds. The molecule has 0 aliphatic rings. The van der Waals surface area contributed by atoms with E-state index in [0.717, 1.165) is 13.2 Å². The summed E-state index contributed by atoms with van der Waals surface area (Å²) in [5, 5.41) is -0.183. The quantitative estimate of drug-likeness (QED) is 0.614. The predicted octanol–water partition coefficient (Wildman–Crippen LogP) is 4.27. The lowest BCUT2D eigenvalue weighted by atomic mass is 9.95. The van der Waals surface area contributed by atoms with Gasteiger partial charge in [0.1, 0.15) is 5.75 Å². The van der Waals surface area contributed by atoms with Crippen LogP contribution in [0.4, 0.5) is 26.3 Å². The van der Waals surface area contributed by atoms with Crippen LogP contribution in [-0.2, 0) is 0 Å². The molecule has 1 aromatic carbocycles. The molecular formula is C11H7ClF6O2. The van der Waals surface area contributed by atoms with Gasteiger partial charge in [-0.05, 0) is 18.2 Å². The fourth-order valence-electron chi connectivity index (χ4n) is 1.51. The summed E-state index contributed by atoms with van der Waals surface area (Å²) in [6.45, 7) is 0. The minimum atomic E-state index is -5.76. The summed E-state index contributed by atoms with van der Waals surface area (Å²) in [6, 6.07) is 2.89. The highest BCUT2D eigenvalue weighted by atomic mass is 35.5. The fourth-order valence-corrected chi connectivity index (χ4v) is 1.68. The number of alkyl halides is 6. The van der Waals surface area contributed by atoms with Gasteiger partial charge in [-0.1, -0.05) is 11.6 Å². The molecule has 0 fully saturated rings. The number of benzene rings is 1. The number of ether oxygens (including phenoxy) is 1. The highest BCUT2D eigenvalue weighted by Gasteiger charge is 2.61. The van der Waals surface area contributed by atoms with Crippen LogP contribution in [0, 0.1) is 5.92 Å². The molecule has 1 aromatic rings. The van der Waals surface area contributed by atoms with E-state index in [1.54, 1.807) is 0 Å². The Morgan fingerprint density at radius 3 is 2.05 bits per heavy atom. The van der Waals surface area contributed by atoms with Crippen molar-refractivity contribution in [1.82, 2.24) is 0 Å². The molecule has 1 rings (SSSR count). The van der Waals surface area contributed by atoms with Crippen molar-refractivity contribution in [3.8, 4) is 5.75 Å². The molecule has 0 aromatic heterocycles. The lowest BCUT2D eigenvalue weighted by molar-refractivity contribution is -0.264. The van der Waals surface area contributed by atoms with Crippen molar-refractivity contribution in [3.63, 3.8) is 0 Å². The first kappa shape index (κ1) is 16.6. The summed E-state index contributed by atoms with van der Waals surface area (Å²) >= 11 is 5.48. The van der Waals surface area contributed by atoms with Gasteiger partial charge in [-0.2, -0.15) is 26.3 Å². The molecule has 0 N–H and O–H groups in total. The first-order valence-electron chi connectivity index (χ1n) is 4.99. The van der Waals surface area contributed by atoms with Crippen LogP contribution in [0.5, 0.6) is 5.75 Å². The Morgan fingerprint density at radius 1 is 1.15 bits per heavy atom. The average molecular weight is 321 g/mol. The van der Waals surface area contributed by atoms with Gasteiger partial charge < -0.3 is 4.74 Å². The van der Waals surface area contributed by atoms with E-state index in [9.17, 15) is 31.1 Å². The monoisotopic (exact) mass is 320 g/mol. The van der Waals surface area contributed by atoms with Gasteiger partial charge >= 0.3 is 12.4 Å². The zero-order valence-corrected chi connectivity index (χ0v) is 10.5. The number of hydrogen-bond donors (Lipinski definition) is 0. The van der Waals surface area contributed by atoms with Crippen LogP contribution >= 0.6 is 11.6 Å². The van der Waals surface area contributed by atoms with Crippen molar-refractivity contribution in [2.24, 2.45) is 5.92 Å². The van der Waals surface area contributed by atoms with Gasteiger partial charge in [0.15, 0.2) is 5.78 Å². The molecule has 0 bridgehead atoms. The van der Waals surface area contributed by atoms with Crippen LogP contribution in [-0.4, -0.2) is 25.2 Å². The van der Waals surface area contributed by atoms with Crippen molar-refractivity contribution in [2.45, 2.75) is 12.4 Å². The maximum atomic E-state index is 12.5. The molecule has 0 unspecified atom stereocenters. The molecule has 0 aliphatic heterocycles. The van der Waals surface area contributed by atoms with Crippen molar-refractivity contribution in [2.75, 3.05) is 7.11 Å². The topological polar surface area (TPSA) is 26.3 Å². The second kappa shape index (κ2) is 5.51. The highest BCUT2D eigenvalue weighted by Crippen LogP contribution is 2.42. The first-order chi connectivity index (χ1) is 8.98. The van der Waals surface area contributed by atoms with E-state index in [-0.39, 0.29) is 5.02 Å². The van der Waals surface area contributed by atoms with E-state index in [1.165, 1.54) is 6.07 Å². The molecule has 2 nitrogen and oxygen atoms in total. The van der Waals surface area contributed by atoms with Gasteiger partial charge in [0.2, 0.25) is 5.92 Å². The van der Waals surface area contributed by atoms with Crippen molar-refractivity contribution >= 4 is 17.4 Å². The van der Waals surface area contributed by atoms with Gasteiger partial charge in [-0.25, -0.2) is 0 Å². The average Bonchev–Trinajstić information content (AvgIpc) is 2.24. The fraction of sp³-hybridized carbons (Fsp3) is 0.364. The normalized spacial score (nSPS) is 12.7. The second-order valence-corrected chi connectivity index (χ2v) is 4.16. The molecule has 0 heterocycles. The van der Waals surface area contributed by atoms with Crippen molar-refractivity contribution < 1.29 is 35.9 Å².